The molecule has 0 unspecified atom stereocenters. The molecule has 0 aliphatic rings. The highest BCUT2D eigenvalue weighted by Gasteiger charge is 2.17. The van der Waals surface area contributed by atoms with Crippen LogP contribution in [0.4, 0.5) is 0 Å². The number of aliphatic hydroxyl groups is 1. The minimum Gasteiger partial charge on any atom is -0.390 e. The van der Waals surface area contributed by atoms with Crippen molar-refractivity contribution in [3.05, 3.63) is 0 Å². The van der Waals surface area contributed by atoms with Gasteiger partial charge in [0, 0.05) is 5.33 Å². The smallest absolute Gasteiger partial charge is 0.0627 e. The molecule has 0 saturated carbocycles. The molecule has 0 radical (unpaired) electrons. The Bertz CT molecular complexity index is 81.3. The topological polar surface area (TPSA) is 20.2 Å². The van der Waals surface area contributed by atoms with Gasteiger partial charge in [-0.2, -0.15) is 0 Å². The van der Waals surface area contributed by atoms with E-state index in [1.54, 1.807) is 0 Å². The molecule has 0 aromatic heterocycles. The number of hydrogen-bond donors (Lipinski definition) is 1. The Kier molecular flexibility index (Phi) is 5.36. The van der Waals surface area contributed by atoms with Gasteiger partial charge in [-0.3, -0.25) is 0 Å². The van der Waals surface area contributed by atoms with Crippen LogP contribution >= 0.6 is 15.9 Å². The average Bonchev–Trinajstić information content (AvgIpc) is 1.84. The molecule has 1 nitrogen and oxygen atoms in total. The van der Waals surface area contributed by atoms with Crippen LogP contribution in [0.15, 0.2) is 0 Å². The fourth-order valence-electron chi connectivity index (χ4n) is 0.886. The van der Waals surface area contributed by atoms with E-state index in [0.717, 1.165) is 24.6 Å². The van der Waals surface area contributed by atoms with Gasteiger partial charge in [0.25, 0.3) is 0 Å². The highest BCUT2D eigenvalue weighted by Crippen LogP contribution is 2.18. The summed E-state index contributed by atoms with van der Waals surface area (Å²) in [6.07, 6.45) is 4.07. The zero-order valence-electron chi connectivity index (χ0n) is 6.86. The van der Waals surface area contributed by atoms with Gasteiger partial charge < -0.3 is 5.11 Å². The van der Waals surface area contributed by atoms with E-state index in [1.165, 1.54) is 6.42 Å². The molecule has 2 heteroatoms. The zero-order valence-corrected chi connectivity index (χ0v) is 8.45. The molecule has 0 amide bonds. The monoisotopic (exact) mass is 208 g/mol. The van der Waals surface area contributed by atoms with Crippen LogP contribution < -0.4 is 0 Å². The van der Waals surface area contributed by atoms with Crippen molar-refractivity contribution in [2.45, 2.75) is 45.1 Å². The van der Waals surface area contributed by atoms with Gasteiger partial charge in [-0.15, -0.1) is 0 Å². The number of rotatable bonds is 5. The van der Waals surface area contributed by atoms with Gasteiger partial charge in [0.15, 0.2) is 0 Å². The predicted octanol–water partition coefficient (Wildman–Crippen LogP) is 2.71. The molecule has 0 saturated heterocycles. The Morgan fingerprint density at radius 2 is 2.00 bits per heavy atom. The summed E-state index contributed by atoms with van der Waals surface area (Å²) in [4.78, 5) is 0. The van der Waals surface area contributed by atoms with Crippen LogP contribution in [0.2, 0.25) is 0 Å². The van der Waals surface area contributed by atoms with E-state index in [0.29, 0.717) is 0 Å². The van der Waals surface area contributed by atoms with Crippen molar-refractivity contribution in [1.29, 1.82) is 0 Å². The largest absolute Gasteiger partial charge is 0.390 e. The standard InChI is InChI=1S/C8H17BrO/c1-3-4-5-8(2,10)6-7-9/h10H,3-7H2,1-2H3/t8-/m1/s1. The SMILES string of the molecule is CCCC[C@@](C)(O)CCBr. The second-order valence-electron chi connectivity index (χ2n) is 3.04. The van der Waals surface area contributed by atoms with E-state index in [-0.39, 0.29) is 0 Å². The van der Waals surface area contributed by atoms with Crippen molar-refractivity contribution >= 4 is 15.9 Å². The molecular formula is C8H17BrO. The summed E-state index contributed by atoms with van der Waals surface area (Å²) in [5, 5.41) is 10.5. The Morgan fingerprint density at radius 1 is 1.40 bits per heavy atom. The molecule has 10 heavy (non-hydrogen) atoms. The molecule has 1 N–H and O–H groups in total. The molecule has 0 rings (SSSR count). The Hall–Kier alpha value is 0.440. The van der Waals surface area contributed by atoms with Gasteiger partial charge in [0.2, 0.25) is 0 Å². The lowest BCUT2D eigenvalue weighted by Crippen LogP contribution is -2.24. The van der Waals surface area contributed by atoms with Crippen molar-refractivity contribution in [1.82, 2.24) is 0 Å². The van der Waals surface area contributed by atoms with Gasteiger partial charge in [-0.05, 0) is 19.8 Å². The lowest BCUT2D eigenvalue weighted by Gasteiger charge is -2.21. The molecular weight excluding hydrogens is 192 g/mol. The average molecular weight is 209 g/mol. The van der Waals surface area contributed by atoms with Crippen LogP contribution in [0.25, 0.3) is 0 Å². The van der Waals surface area contributed by atoms with Gasteiger partial charge in [0.05, 0.1) is 5.60 Å². The fraction of sp³-hybridized carbons (Fsp3) is 1.00. The van der Waals surface area contributed by atoms with Gasteiger partial charge in [-0.1, -0.05) is 35.7 Å². The highest BCUT2D eigenvalue weighted by molar-refractivity contribution is 9.09. The molecule has 0 aromatic carbocycles. The minimum absolute atomic E-state index is 0.445. The van der Waals surface area contributed by atoms with Crippen LogP contribution in [0.1, 0.15) is 39.5 Å². The summed E-state index contributed by atoms with van der Waals surface area (Å²) in [5.74, 6) is 0. The summed E-state index contributed by atoms with van der Waals surface area (Å²) < 4.78 is 0. The molecule has 62 valence electrons. The van der Waals surface area contributed by atoms with E-state index >= 15 is 0 Å². The van der Waals surface area contributed by atoms with Crippen molar-refractivity contribution < 1.29 is 5.11 Å². The van der Waals surface area contributed by atoms with Gasteiger partial charge in [0.1, 0.15) is 0 Å². The minimum atomic E-state index is -0.445. The molecule has 0 aliphatic heterocycles. The van der Waals surface area contributed by atoms with Crippen molar-refractivity contribution in [3.8, 4) is 0 Å². The molecule has 0 aromatic rings. The maximum Gasteiger partial charge on any atom is 0.0627 e. The third-order valence-electron chi connectivity index (χ3n) is 1.70. The van der Waals surface area contributed by atoms with Gasteiger partial charge >= 0.3 is 0 Å². The van der Waals surface area contributed by atoms with E-state index in [4.69, 9.17) is 0 Å². The lowest BCUT2D eigenvalue weighted by molar-refractivity contribution is 0.0462. The molecule has 0 aliphatic carbocycles. The normalized spacial score (nSPS) is 16.8. The quantitative estimate of drug-likeness (QED) is 0.690. The fourth-order valence-corrected chi connectivity index (χ4v) is 1.74. The van der Waals surface area contributed by atoms with Crippen molar-refractivity contribution in [2.75, 3.05) is 5.33 Å². The first-order valence-electron chi connectivity index (χ1n) is 3.91. The van der Waals surface area contributed by atoms with Crippen molar-refractivity contribution in [2.24, 2.45) is 0 Å². The highest BCUT2D eigenvalue weighted by atomic mass is 79.9. The summed E-state index contributed by atoms with van der Waals surface area (Å²) in [5.41, 5.74) is -0.445. The zero-order chi connectivity index (χ0) is 8.04. The predicted molar refractivity (Wildman–Crippen MR) is 48.6 cm³/mol. The van der Waals surface area contributed by atoms with Crippen LogP contribution in [0.3, 0.4) is 0 Å². The van der Waals surface area contributed by atoms with E-state index in [9.17, 15) is 5.11 Å². The molecule has 0 bridgehead atoms. The second-order valence-corrected chi connectivity index (χ2v) is 3.83. The summed E-state index contributed by atoms with van der Waals surface area (Å²) in [7, 11) is 0. The van der Waals surface area contributed by atoms with Crippen LogP contribution in [0.5, 0.6) is 0 Å². The molecule has 0 heterocycles. The first kappa shape index (κ1) is 10.4. The van der Waals surface area contributed by atoms with Crippen molar-refractivity contribution in [3.63, 3.8) is 0 Å². The third kappa shape index (κ3) is 5.24. The number of hydrogen-bond acceptors (Lipinski definition) is 1. The molecule has 1 atom stereocenters. The van der Waals surface area contributed by atoms with E-state index in [2.05, 4.69) is 22.9 Å². The molecule has 0 spiro atoms. The second kappa shape index (κ2) is 5.14. The maximum atomic E-state index is 9.62. The summed E-state index contributed by atoms with van der Waals surface area (Å²) in [6, 6.07) is 0. The number of alkyl halides is 1. The number of unbranched alkanes of at least 4 members (excludes halogenated alkanes) is 1. The molecule has 0 fully saturated rings. The van der Waals surface area contributed by atoms with Crippen LogP contribution in [0, 0.1) is 0 Å². The Balaban J connectivity index is 3.42. The van der Waals surface area contributed by atoms with Crippen LogP contribution in [-0.4, -0.2) is 16.0 Å². The first-order valence-corrected chi connectivity index (χ1v) is 5.03. The number of halogens is 1. The van der Waals surface area contributed by atoms with E-state index in [1.807, 2.05) is 6.92 Å². The maximum absolute atomic E-state index is 9.62. The Labute approximate surface area is 72.0 Å². The summed E-state index contributed by atoms with van der Waals surface area (Å²) in [6.45, 7) is 4.05. The summed E-state index contributed by atoms with van der Waals surface area (Å²) >= 11 is 3.32. The third-order valence-corrected chi connectivity index (χ3v) is 2.10. The van der Waals surface area contributed by atoms with Gasteiger partial charge in [-0.25, -0.2) is 0 Å². The first-order chi connectivity index (χ1) is 4.62. The lowest BCUT2D eigenvalue weighted by atomic mass is 9.97. The Morgan fingerprint density at radius 3 is 2.40 bits per heavy atom. The van der Waals surface area contributed by atoms with E-state index < -0.39 is 5.60 Å². The van der Waals surface area contributed by atoms with Crippen LogP contribution in [-0.2, 0) is 0 Å².